The van der Waals surface area contributed by atoms with Crippen molar-refractivity contribution in [2.45, 2.75) is 0 Å². The summed E-state index contributed by atoms with van der Waals surface area (Å²) in [4.78, 5) is 16.1. The van der Waals surface area contributed by atoms with Gasteiger partial charge in [-0.25, -0.2) is 4.98 Å². The Hall–Kier alpha value is -2.84. The number of carbonyl (C=O) groups excluding carboxylic acids is 1. The van der Waals surface area contributed by atoms with Crippen LogP contribution in [0.2, 0.25) is 5.15 Å². The van der Waals surface area contributed by atoms with Crippen LogP contribution >= 0.6 is 11.6 Å². The Morgan fingerprint density at radius 3 is 2.96 bits per heavy atom. The van der Waals surface area contributed by atoms with Crippen LogP contribution in [0.4, 0.5) is 0 Å². The summed E-state index contributed by atoms with van der Waals surface area (Å²) in [6.45, 7) is 3.78. The molecule has 2 rings (SSSR count). The molecule has 1 N–H and O–H groups in total. The summed E-state index contributed by atoms with van der Waals surface area (Å²) >= 11 is 6.14. The van der Waals surface area contributed by atoms with Crippen LogP contribution in [0.5, 0.6) is 5.75 Å². The molecule has 6 heteroatoms. The van der Waals surface area contributed by atoms with E-state index in [1.807, 2.05) is 6.07 Å². The highest BCUT2D eigenvalue weighted by Crippen LogP contribution is 2.25. The zero-order valence-corrected chi connectivity index (χ0v) is 13.2. The van der Waals surface area contributed by atoms with Gasteiger partial charge in [0.2, 0.25) is 0 Å². The molecule has 0 bridgehead atoms. The summed E-state index contributed by atoms with van der Waals surface area (Å²) in [5.41, 5.74) is 1.12. The molecular formula is C17H14ClN3O2. The molecule has 2 aromatic rings. The predicted molar refractivity (Wildman–Crippen MR) is 90.1 cm³/mol. The number of halogens is 1. The standard InChI is InChI=1S/C17H14ClN3O2/c1-3-6-20-17(22)13(10-19)8-12-7-11-9-14(23-2)4-5-15(11)21-16(12)18/h3-5,7-9H,1,6H2,2H3,(H,20,22)/b13-8+. The number of nitrogens with zero attached hydrogens (tertiary/aromatic N) is 2. The summed E-state index contributed by atoms with van der Waals surface area (Å²) in [6.07, 6.45) is 2.94. The Morgan fingerprint density at radius 2 is 2.30 bits per heavy atom. The second kappa shape index (κ2) is 7.43. The van der Waals surface area contributed by atoms with Crippen molar-refractivity contribution in [3.63, 3.8) is 0 Å². The molecule has 0 aliphatic heterocycles. The van der Waals surface area contributed by atoms with Crippen molar-refractivity contribution in [1.29, 1.82) is 5.26 Å². The largest absolute Gasteiger partial charge is 0.497 e. The fourth-order valence-electron chi connectivity index (χ4n) is 1.94. The average Bonchev–Trinajstić information content (AvgIpc) is 2.57. The number of aromatic nitrogens is 1. The maximum Gasteiger partial charge on any atom is 0.262 e. The van der Waals surface area contributed by atoms with Crippen molar-refractivity contribution in [2.24, 2.45) is 0 Å². The fourth-order valence-corrected chi connectivity index (χ4v) is 2.14. The number of benzene rings is 1. The zero-order chi connectivity index (χ0) is 16.8. The monoisotopic (exact) mass is 327 g/mol. The van der Waals surface area contributed by atoms with Gasteiger partial charge in [0.15, 0.2) is 0 Å². The molecule has 0 atom stereocenters. The van der Waals surface area contributed by atoms with Crippen molar-refractivity contribution in [1.82, 2.24) is 10.3 Å². The topological polar surface area (TPSA) is 75.0 Å². The van der Waals surface area contributed by atoms with Crippen molar-refractivity contribution in [3.05, 3.63) is 53.2 Å². The second-order valence-electron chi connectivity index (χ2n) is 4.60. The molecule has 0 saturated carbocycles. The fraction of sp³-hybridized carbons (Fsp3) is 0.118. The first-order valence-corrected chi connectivity index (χ1v) is 7.12. The maximum atomic E-state index is 11.9. The van der Waals surface area contributed by atoms with E-state index >= 15 is 0 Å². The van der Waals surface area contributed by atoms with Gasteiger partial charge in [-0.3, -0.25) is 4.79 Å². The molecule has 23 heavy (non-hydrogen) atoms. The van der Waals surface area contributed by atoms with Crippen LogP contribution in [-0.4, -0.2) is 24.5 Å². The number of methoxy groups -OCH3 is 1. The summed E-state index contributed by atoms with van der Waals surface area (Å²) in [7, 11) is 1.57. The molecule has 116 valence electrons. The summed E-state index contributed by atoms with van der Waals surface area (Å²) < 4.78 is 5.18. The van der Waals surface area contributed by atoms with Gasteiger partial charge >= 0.3 is 0 Å². The first kappa shape index (κ1) is 16.5. The molecule has 1 amide bonds. The molecule has 0 radical (unpaired) electrons. The van der Waals surface area contributed by atoms with E-state index in [-0.39, 0.29) is 17.3 Å². The van der Waals surface area contributed by atoms with Gasteiger partial charge in [0.05, 0.1) is 12.6 Å². The molecule has 1 heterocycles. The smallest absolute Gasteiger partial charge is 0.262 e. The van der Waals surface area contributed by atoms with Gasteiger partial charge in [0.1, 0.15) is 22.5 Å². The third-order valence-corrected chi connectivity index (χ3v) is 3.38. The normalized spacial score (nSPS) is 10.9. The molecule has 0 unspecified atom stereocenters. The Bertz CT molecular complexity index is 838. The molecule has 0 aliphatic carbocycles. The molecule has 0 saturated heterocycles. The number of hydrogen-bond acceptors (Lipinski definition) is 4. The minimum absolute atomic E-state index is 0.0576. The first-order chi connectivity index (χ1) is 11.1. The van der Waals surface area contributed by atoms with Gasteiger partial charge in [-0.2, -0.15) is 5.26 Å². The van der Waals surface area contributed by atoms with E-state index in [0.717, 1.165) is 5.39 Å². The second-order valence-corrected chi connectivity index (χ2v) is 4.95. The van der Waals surface area contributed by atoms with Crippen LogP contribution in [-0.2, 0) is 4.79 Å². The highest BCUT2D eigenvalue weighted by Gasteiger charge is 2.11. The number of nitriles is 1. The number of ether oxygens (including phenoxy) is 1. The lowest BCUT2D eigenvalue weighted by molar-refractivity contribution is -0.116. The van der Waals surface area contributed by atoms with Crippen molar-refractivity contribution < 1.29 is 9.53 Å². The van der Waals surface area contributed by atoms with Gasteiger partial charge in [-0.05, 0) is 30.3 Å². The lowest BCUT2D eigenvalue weighted by Gasteiger charge is -2.06. The molecule has 0 fully saturated rings. The lowest BCUT2D eigenvalue weighted by atomic mass is 10.1. The van der Waals surface area contributed by atoms with E-state index in [9.17, 15) is 4.79 Å². The molecule has 0 spiro atoms. The van der Waals surface area contributed by atoms with E-state index in [0.29, 0.717) is 16.8 Å². The third-order valence-electron chi connectivity index (χ3n) is 3.07. The first-order valence-electron chi connectivity index (χ1n) is 6.74. The number of nitrogens with one attached hydrogen (secondary N) is 1. The number of carbonyl (C=O) groups is 1. The molecule has 5 nitrogen and oxygen atoms in total. The van der Waals surface area contributed by atoms with Crippen molar-refractivity contribution in [2.75, 3.05) is 13.7 Å². The lowest BCUT2D eigenvalue weighted by Crippen LogP contribution is -2.24. The quantitative estimate of drug-likeness (QED) is 0.396. The van der Waals surface area contributed by atoms with Crippen LogP contribution < -0.4 is 10.1 Å². The molecule has 1 aromatic heterocycles. The van der Waals surface area contributed by atoms with Crippen LogP contribution in [0.1, 0.15) is 5.56 Å². The Balaban J connectivity index is 2.46. The van der Waals surface area contributed by atoms with Crippen molar-refractivity contribution in [3.8, 4) is 11.8 Å². The maximum absolute atomic E-state index is 11.9. The van der Waals surface area contributed by atoms with Gasteiger partial charge < -0.3 is 10.1 Å². The predicted octanol–water partition coefficient (Wildman–Crippen LogP) is 3.11. The SMILES string of the molecule is C=CCNC(=O)/C(C#N)=C/c1cc2cc(OC)ccc2nc1Cl. The number of fused-ring (bicyclic) bond motifs is 1. The number of hydrogen-bond donors (Lipinski definition) is 1. The van der Waals surface area contributed by atoms with Crippen LogP contribution in [0.15, 0.2) is 42.5 Å². The Morgan fingerprint density at radius 1 is 1.52 bits per heavy atom. The number of pyridine rings is 1. The van der Waals surface area contributed by atoms with Crippen LogP contribution in [0.3, 0.4) is 0 Å². The number of amides is 1. The summed E-state index contributed by atoms with van der Waals surface area (Å²) in [5, 5.41) is 12.7. The van der Waals surface area contributed by atoms with Gasteiger partial charge in [0.25, 0.3) is 5.91 Å². The van der Waals surface area contributed by atoms with E-state index < -0.39 is 5.91 Å². The van der Waals surface area contributed by atoms with E-state index in [2.05, 4.69) is 16.9 Å². The zero-order valence-electron chi connectivity index (χ0n) is 12.5. The molecular weight excluding hydrogens is 314 g/mol. The minimum atomic E-state index is -0.491. The van der Waals surface area contributed by atoms with Gasteiger partial charge in [-0.15, -0.1) is 6.58 Å². The van der Waals surface area contributed by atoms with Crippen LogP contribution in [0, 0.1) is 11.3 Å². The van der Waals surface area contributed by atoms with E-state index in [1.165, 1.54) is 12.2 Å². The molecule has 0 aliphatic rings. The highest BCUT2D eigenvalue weighted by molar-refractivity contribution is 6.31. The van der Waals surface area contributed by atoms with E-state index in [4.69, 9.17) is 21.6 Å². The summed E-state index contributed by atoms with van der Waals surface area (Å²) in [5.74, 6) is 0.190. The average molecular weight is 328 g/mol. The van der Waals surface area contributed by atoms with Crippen molar-refractivity contribution >= 4 is 34.5 Å². The highest BCUT2D eigenvalue weighted by atomic mass is 35.5. The summed E-state index contributed by atoms with van der Waals surface area (Å²) in [6, 6.07) is 8.99. The third kappa shape index (κ3) is 3.87. The Labute approximate surface area is 138 Å². The van der Waals surface area contributed by atoms with E-state index in [1.54, 1.807) is 31.4 Å². The minimum Gasteiger partial charge on any atom is -0.497 e. The molecule has 1 aromatic carbocycles. The van der Waals surface area contributed by atoms with Gasteiger partial charge in [-0.1, -0.05) is 17.7 Å². The number of rotatable bonds is 5. The van der Waals surface area contributed by atoms with Crippen LogP contribution in [0.25, 0.3) is 17.0 Å². The Kier molecular flexibility index (Phi) is 5.34. The van der Waals surface area contributed by atoms with Gasteiger partial charge in [0, 0.05) is 17.5 Å².